The Kier molecular flexibility index (Phi) is 4.20. The molecule has 116 valence electrons. The third-order valence-electron chi connectivity index (χ3n) is 3.93. The second-order valence-corrected chi connectivity index (χ2v) is 5.52. The Hall–Kier alpha value is -2.21. The fourth-order valence-electron chi connectivity index (χ4n) is 2.76. The van der Waals surface area contributed by atoms with Crippen LogP contribution in [0.1, 0.15) is 36.0 Å². The minimum Gasteiger partial charge on any atom is -0.376 e. The molecule has 1 atom stereocenters. The lowest BCUT2D eigenvalue weighted by molar-refractivity contribution is -0.121. The Labute approximate surface area is 128 Å². The number of ether oxygens (including phenoxy) is 1. The molecule has 2 saturated heterocycles. The lowest BCUT2D eigenvalue weighted by Gasteiger charge is -2.15. The van der Waals surface area contributed by atoms with Crippen LogP contribution in [0.25, 0.3) is 0 Å². The molecule has 2 heterocycles. The summed E-state index contributed by atoms with van der Waals surface area (Å²) in [5.41, 5.74) is 0.889. The fraction of sp³-hybridized carbons (Fsp3) is 0.438. The van der Waals surface area contributed by atoms with Crippen molar-refractivity contribution in [2.75, 3.05) is 18.1 Å². The molecule has 0 radical (unpaired) electrons. The van der Waals surface area contributed by atoms with Crippen molar-refractivity contribution in [1.82, 2.24) is 5.32 Å². The molecule has 6 heteroatoms. The highest BCUT2D eigenvalue weighted by atomic mass is 16.5. The monoisotopic (exact) mass is 302 g/mol. The van der Waals surface area contributed by atoms with Gasteiger partial charge < -0.3 is 10.1 Å². The quantitative estimate of drug-likeness (QED) is 0.849. The standard InChI is InChI=1S/C16H18N2O4/c19-14-6-7-15(20)18(14)12-4-1-3-11(9-12)16(21)17-10-13-5-2-8-22-13/h1,3-4,9,13H,2,5-8,10H2,(H,17,21)/t13-/m1/s1. The van der Waals surface area contributed by atoms with E-state index >= 15 is 0 Å². The van der Waals surface area contributed by atoms with Gasteiger partial charge in [-0.05, 0) is 31.0 Å². The summed E-state index contributed by atoms with van der Waals surface area (Å²) < 4.78 is 5.46. The first-order valence-electron chi connectivity index (χ1n) is 7.51. The van der Waals surface area contributed by atoms with E-state index in [-0.39, 0.29) is 36.7 Å². The van der Waals surface area contributed by atoms with Crippen LogP contribution in [0.15, 0.2) is 24.3 Å². The summed E-state index contributed by atoms with van der Waals surface area (Å²) in [6.45, 7) is 1.22. The average Bonchev–Trinajstić information content (AvgIpc) is 3.15. The SMILES string of the molecule is O=C(NC[C@H]1CCCO1)c1cccc(N2C(=O)CCC2=O)c1. The van der Waals surface area contributed by atoms with Gasteiger partial charge in [0.2, 0.25) is 11.8 Å². The molecule has 2 aliphatic rings. The van der Waals surface area contributed by atoms with E-state index in [0.717, 1.165) is 24.3 Å². The van der Waals surface area contributed by atoms with E-state index in [0.29, 0.717) is 17.8 Å². The van der Waals surface area contributed by atoms with Gasteiger partial charge in [0.1, 0.15) is 0 Å². The molecular formula is C16H18N2O4. The average molecular weight is 302 g/mol. The van der Waals surface area contributed by atoms with Gasteiger partial charge in [0.15, 0.2) is 0 Å². The van der Waals surface area contributed by atoms with E-state index in [1.807, 2.05) is 0 Å². The molecule has 3 amide bonds. The van der Waals surface area contributed by atoms with Gasteiger partial charge >= 0.3 is 0 Å². The van der Waals surface area contributed by atoms with Crippen molar-refractivity contribution in [3.05, 3.63) is 29.8 Å². The maximum absolute atomic E-state index is 12.2. The van der Waals surface area contributed by atoms with Gasteiger partial charge in [-0.3, -0.25) is 19.3 Å². The van der Waals surface area contributed by atoms with Crippen molar-refractivity contribution in [3.63, 3.8) is 0 Å². The Morgan fingerprint density at radius 1 is 1.27 bits per heavy atom. The smallest absolute Gasteiger partial charge is 0.251 e. The molecule has 0 aromatic heterocycles. The number of benzene rings is 1. The molecule has 0 unspecified atom stereocenters. The number of rotatable bonds is 4. The zero-order chi connectivity index (χ0) is 15.5. The van der Waals surface area contributed by atoms with Gasteiger partial charge in [0.25, 0.3) is 5.91 Å². The predicted octanol–water partition coefficient (Wildman–Crippen LogP) is 1.25. The summed E-state index contributed by atoms with van der Waals surface area (Å²) in [5.74, 6) is -0.666. The maximum Gasteiger partial charge on any atom is 0.251 e. The van der Waals surface area contributed by atoms with Gasteiger partial charge in [-0.2, -0.15) is 0 Å². The molecule has 0 bridgehead atoms. The Balaban J connectivity index is 1.69. The van der Waals surface area contributed by atoms with Crippen molar-refractivity contribution in [3.8, 4) is 0 Å². The molecule has 2 fully saturated rings. The summed E-state index contributed by atoms with van der Waals surface area (Å²) in [4.78, 5) is 36.8. The zero-order valence-corrected chi connectivity index (χ0v) is 12.2. The van der Waals surface area contributed by atoms with E-state index in [9.17, 15) is 14.4 Å². The topological polar surface area (TPSA) is 75.7 Å². The number of nitrogens with zero attached hydrogens (tertiary/aromatic N) is 1. The molecule has 3 rings (SSSR count). The Morgan fingerprint density at radius 3 is 2.73 bits per heavy atom. The summed E-state index contributed by atoms with van der Waals surface area (Å²) in [5, 5.41) is 2.83. The highest BCUT2D eigenvalue weighted by molar-refractivity contribution is 6.20. The molecule has 1 aromatic carbocycles. The number of amides is 3. The third kappa shape index (κ3) is 3.01. The van der Waals surface area contributed by atoms with Gasteiger partial charge in [-0.15, -0.1) is 0 Å². The third-order valence-corrected chi connectivity index (χ3v) is 3.93. The van der Waals surface area contributed by atoms with Crippen LogP contribution >= 0.6 is 0 Å². The van der Waals surface area contributed by atoms with Crippen LogP contribution in [0.4, 0.5) is 5.69 Å². The first-order valence-corrected chi connectivity index (χ1v) is 7.51. The minimum absolute atomic E-state index is 0.0777. The fourth-order valence-corrected chi connectivity index (χ4v) is 2.76. The van der Waals surface area contributed by atoms with Crippen molar-refractivity contribution in [1.29, 1.82) is 0 Å². The van der Waals surface area contributed by atoms with Crippen molar-refractivity contribution < 1.29 is 19.1 Å². The maximum atomic E-state index is 12.2. The molecule has 1 aromatic rings. The van der Waals surface area contributed by atoms with Crippen molar-refractivity contribution in [2.24, 2.45) is 0 Å². The number of imide groups is 1. The van der Waals surface area contributed by atoms with Crippen LogP contribution in [-0.2, 0) is 14.3 Å². The van der Waals surface area contributed by atoms with E-state index < -0.39 is 0 Å². The van der Waals surface area contributed by atoms with Gasteiger partial charge in [0.05, 0.1) is 11.8 Å². The van der Waals surface area contributed by atoms with Gasteiger partial charge in [0, 0.05) is 31.6 Å². The van der Waals surface area contributed by atoms with E-state index in [1.165, 1.54) is 0 Å². The molecule has 0 aliphatic carbocycles. The summed E-state index contributed by atoms with van der Waals surface area (Å²) in [6.07, 6.45) is 2.52. The summed E-state index contributed by atoms with van der Waals surface area (Å²) >= 11 is 0. The molecule has 0 spiro atoms. The van der Waals surface area contributed by atoms with E-state index in [4.69, 9.17) is 4.74 Å². The van der Waals surface area contributed by atoms with Gasteiger partial charge in [-0.1, -0.05) is 6.07 Å². The van der Waals surface area contributed by atoms with Crippen molar-refractivity contribution >= 4 is 23.4 Å². The minimum atomic E-state index is -0.226. The summed E-state index contributed by atoms with van der Waals surface area (Å²) in [6, 6.07) is 6.58. The van der Waals surface area contributed by atoms with Crippen molar-refractivity contribution in [2.45, 2.75) is 31.8 Å². The van der Waals surface area contributed by atoms with E-state index in [1.54, 1.807) is 24.3 Å². The largest absolute Gasteiger partial charge is 0.376 e. The van der Waals surface area contributed by atoms with Crippen LogP contribution in [0.3, 0.4) is 0 Å². The van der Waals surface area contributed by atoms with Crippen LogP contribution in [-0.4, -0.2) is 37.0 Å². The second kappa shape index (κ2) is 6.27. The Bertz CT molecular complexity index is 592. The predicted molar refractivity (Wildman–Crippen MR) is 79.5 cm³/mol. The number of hydrogen-bond acceptors (Lipinski definition) is 4. The molecule has 0 saturated carbocycles. The van der Waals surface area contributed by atoms with Crippen LogP contribution < -0.4 is 10.2 Å². The Morgan fingerprint density at radius 2 is 2.05 bits per heavy atom. The van der Waals surface area contributed by atoms with Gasteiger partial charge in [-0.25, -0.2) is 0 Å². The molecule has 2 aliphatic heterocycles. The van der Waals surface area contributed by atoms with E-state index in [2.05, 4.69) is 5.32 Å². The zero-order valence-electron chi connectivity index (χ0n) is 12.2. The normalized spacial score (nSPS) is 21.5. The molecule has 6 nitrogen and oxygen atoms in total. The number of carbonyl (C=O) groups is 3. The molecule has 1 N–H and O–H groups in total. The number of nitrogens with one attached hydrogen (secondary N) is 1. The lowest BCUT2D eigenvalue weighted by Crippen LogP contribution is -2.32. The highest BCUT2D eigenvalue weighted by Crippen LogP contribution is 2.23. The summed E-state index contributed by atoms with van der Waals surface area (Å²) in [7, 11) is 0. The number of anilines is 1. The number of hydrogen-bond donors (Lipinski definition) is 1. The second-order valence-electron chi connectivity index (χ2n) is 5.52. The molecular weight excluding hydrogens is 284 g/mol. The van der Waals surface area contributed by atoms with Crippen LogP contribution in [0.5, 0.6) is 0 Å². The van der Waals surface area contributed by atoms with Crippen LogP contribution in [0, 0.1) is 0 Å². The number of carbonyl (C=O) groups excluding carboxylic acids is 3. The first-order chi connectivity index (χ1) is 10.6. The lowest BCUT2D eigenvalue weighted by atomic mass is 10.1. The first kappa shape index (κ1) is 14.7. The highest BCUT2D eigenvalue weighted by Gasteiger charge is 2.30. The van der Waals surface area contributed by atoms with Crippen LogP contribution in [0.2, 0.25) is 0 Å². The molecule has 22 heavy (non-hydrogen) atoms.